The van der Waals surface area contributed by atoms with Crippen molar-refractivity contribution in [2.75, 3.05) is 50.8 Å². The Morgan fingerprint density at radius 1 is 1.22 bits per heavy atom. The highest BCUT2D eigenvalue weighted by Crippen LogP contribution is 2.28. The van der Waals surface area contributed by atoms with Crippen LogP contribution in [0.1, 0.15) is 20.3 Å². The summed E-state index contributed by atoms with van der Waals surface area (Å²) in [6.07, 6.45) is 2.35. The molecule has 2 saturated heterocycles. The quantitative estimate of drug-likeness (QED) is 0.856. The number of anilines is 1. The Morgan fingerprint density at radius 3 is 2.74 bits per heavy atom. The molecule has 2 aliphatic rings. The van der Waals surface area contributed by atoms with Gasteiger partial charge in [-0.3, -0.25) is 4.90 Å². The van der Waals surface area contributed by atoms with Gasteiger partial charge in [-0.2, -0.15) is 0 Å². The van der Waals surface area contributed by atoms with Gasteiger partial charge in [-0.15, -0.1) is 0 Å². The summed E-state index contributed by atoms with van der Waals surface area (Å²) in [6, 6.07) is 6.27. The first-order chi connectivity index (χ1) is 13.0. The lowest BCUT2D eigenvalue weighted by Crippen LogP contribution is -2.52. The number of β-amino-alcohol motifs (C(OH)–C–C–N with tert-alkyl or cyclic N) is 1. The minimum atomic E-state index is -0.675. The zero-order chi connectivity index (χ0) is 18.9. The fourth-order valence-corrected chi connectivity index (χ4v) is 3.84. The minimum absolute atomic E-state index is 0.0701. The molecule has 146 valence electrons. The highest BCUT2D eigenvalue weighted by molar-refractivity contribution is 5.86. The van der Waals surface area contributed by atoms with Gasteiger partial charge in [-0.05, 0) is 32.0 Å². The van der Waals surface area contributed by atoms with Crippen LogP contribution in [-0.2, 0) is 4.74 Å². The van der Waals surface area contributed by atoms with E-state index in [2.05, 4.69) is 31.9 Å². The average Bonchev–Trinajstić information content (AvgIpc) is 3.08. The van der Waals surface area contributed by atoms with Crippen LogP contribution >= 0.6 is 0 Å². The lowest BCUT2D eigenvalue weighted by molar-refractivity contribution is -0.00557. The van der Waals surface area contributed by atoms with Crippen molar-refractivity contribution in [1.29, 1.82) is 0 Å². The van der Waals surface area contributed by atoms with Crippen molar-refractivity contribution in [3.05, 3.63) is 24.5 Å². The number of hydrogen-bond acceptors (Lipinski definition) is 7. The third-order valence-corrected chi connectivity index (χ3v) is 5.27. The van der Waals surface area contributed by atoms with Gasteiger partial charge in [-0.1, -0.05) is 0 Å². The Morgan fingerprint density at radius 2 is 2.04 bits per heavy atom. The van der Waals surface area contributed by atoms with Crippen LogP contribution in [-0.4, -0.2) is 77.6 Å². The van der Waals surface area contributed by atoms with Crippen LogP contribution < -0.4 is 9.64 Å². The van der Waals surface area contributed by atoms with Crippen LogP contribution in [0.25, 0.3) is 10.9 Å². The number of fused-ring (bicyclic) bond motifs is 1. The third-order valence-electron chi connectivity index (χ3n) is 5.27. The van der Waals surface area contributed by atoms with E-state index in [4.69, 9.17) is 9.47 Å². The molecular formula is C20H28N4O3. The van der Waals surface area contributed by atoms with Gasteiger partial charge in [0.2, 0.25) is 5.88 Å². The summed E-state index contributed by atoms with van der Waals surface area (Å²) in [5, 5.41) is 11.5. The summed E-state index contributed by atoms with van der Waals surface area (Å²) in [4.78, 5) is 13.4. The van der Waals surface area contributed by atoms with Crippen molar-refractivity contribution < 1.29 is 14.6 Å². The molecule has 1 aromatic heterocycles. The average molecular weight is 372 g/mol. The van der Waals surface area contributed by atoms with E-state index in [1.807, 2.05) is 19.9 Å². The number of piperazine rings is 1. The number of benzene rings is 1. The van der Waals surface area contributed by atoms with Gasteiger partial charge in [-0.25, -0.2) is 9.97 Å². The fraction of sp³-hybridized carbons (Fsp3) is 0.600. The molecule has 7 heteroatoms. The van der Waals surface area contributed by atoms with Crippen LogP contribution in [0.2, 0.25) is 0 Å². The Hall–Kier alpha value is -1.96. The Kier molecular flexibility index (Phi) is 5.16. The zero-order valence-electron chi connectivity index (χ0n) is 16.1. The predicted molar refractivity (Wildman–Crippen MR) is 104 cm³/mol. The molecule has 0 amide bonds. The molecule has 0 saturated carbocycles. The zero-order valence-corrected chi connectivity index (χ0v) is 16.1. The SMILES string of the molecule is CC(C)Oc1ncnc2ccc(N3CCN(CC4(O)CCOC4)CC3)cc12. The second kappa shape index (κ2) is 7.58. The number of hydrogen-bond donors (Lipinski definition) is 1. The lowest BCUT2D eigenvalue weighted by atomic mass is 10.0. The van der Waals surface area contributed by atoms with Gasteiger partial charge in [0.15, 0.2) is 0 Å². The van der Waals surface area contributed by atoms with Crippen molar-refractivity contribution in [1.82, 2.24) is 14.9 Å². The Labute approximate surface area is 159 Å². The molecule has 2 aliphatic heterocycles. The van der Waals surface area contributed by atoms with Gasteiger partial charge in [0.25, 0.3) is 0 Å². The number of aliphatic hydroxyl groups is 1. The summed E-state index contributed by atoms with van der Waals surface area (Å²) >= 11 is 0. The van der Waals surface area contributed by atoms with Gasteiger partial charge < -0.3 is 19.5 Å². The predicted octanol–water partition coefficient (Wildman–Crippen LogP) is 1.69. The summed E-state index contributed by atoms with van der Waals surface area (Å²) in [7, 11) is 0. The van der Waals surface area contributed by atoms with Crippen LogP contribution in [0.15, 0.2) is 24.5 Å². The molecule has 1 unspecified atom stereocenters. The van der Waals surface area contributed by atoms with Crippen molar-refractivity contribution in [2.24, 2.45) is 0 Å². The number of ether oxygens (including phenoxy) is 2. The van der Waals surface area contributed by atoms with E-state index in [9.17, 15) is 5.11 Å². The monoisotopic (exact) mass is 372 g/mol. The second-order valence-electron chi connectivity index (χ2n) is 7.84. The maximum atomic E-state index is 10.5. The third kappa shape index (κ3) is 4.15. The first-order valence-corrected chi connectivity index (χ1v) is 9.71. The van der Waals surface area contributed by atoms with E-state index in [0.717, 1.165) is 49.2 Å². The van der Waals surface area contributed by atoms with Gasteiger partial charge in [0.1, 0.15) is 11.9 Å². The molecule has 4 rings (SSSR count). The van der Waals surface area contributed by atoms with Crippen LogP contribution in [0.5, 0.6) is 5.88 Å². The largest absolute Gasteiger partial charge is 0.474 e. The minimum Gasteiger partial charge on any atom is -0.474 e. The highest BCUT2D eigenvalue weighted by atomic mass is 16.5. The first kappa shape index (κ1) is 18.4. The molecule has 0 radical (unpaired) electrons. The van der Waals surface area contributed by atoms with E-state index in [1.165, 1.54) is 0 Å². The summed E-state index contributed by atoms with van der Waals surface area (Å²) in [5.74, 6) is 0.638. The molecule has 1 aromatic carbocycles. The molecule has 0 spiro atoms. The standard InChI is InChI=1S/C20H28N4O3/c1-15(2)27-19-17-11-16(3-4-18(17)21-14-22-19)24-8-6-23(7-9-24)12-20(25)5-10-26-13-20/h3-4,11,14-15,25H,5-10,12-13H2,1-2H3. The molecular weight excluding hydrogens is 344 g/mol. The molecule has 27 heavy (non-hydrogen) atoms. The van der Waals surface area contributed by atoms with Crippen molar-refractivity contribution in [3.8, 4) is 5.88 Å². The molecule has 7 nitrogen and oxygen atoms in total. The Balaban J connectivity index is 1.45. The summed E-state index contributed by atoms with van der Waals surface area (Å²) < 4.78 is 11.2. The molecule has 2 aromatic rings. The second-order valence-corrected chi connectivity index (χ2v) is 7.84. The lowest BCUT2D eigenvalue weighted by Gasteiger charge is -2.38. The van der Waals surface area contributed by atoms with Crippen molar-refractivity contribution in [3.63, 3.8) is 0 Å². The van der Waals surface area contributed by atoms with E-state index >= 15 is 0 Å². The number of nitrogens with zero attached hydrogens (tertiary/aromatic N) is 4. The van der Waals surface area contributed by atoms with E-state index in [0.29, 0.717) is 25.6 Å². The van der Waals surface area contributed by atoms with Crippen LogP contribution in [0.4, 0.5) is 5.69 Å². The van der Waals surface area contributed by atoms with Gasteiger partial charge in [0.05, 0.1) is 23.6 Å². The van der Waals surface area contributed by atoms with E-state index in [-0.39, 0.29) is 6.10 Å². The normalized spacial score (nSPS) is 24.1. The van der Waals surface area contributed by atoms with Crippen molar-refractivity contribution in [2.45, 2.75) is 32.0 Å². The van der Waals surface area contributed by atoms with E-state index < -0.39 is 5.60 Å². The molecule has 1 N–H and O–H groups in total. The molecule has 3 heterocycles. The number of rotatable bonds is 5. The maximum Gasteiger partial charge on any atom is 0.224 e. The molecule has 0 aliphatic carbocycles. The van der Waals surface area contributed by atoms with Crippen LogP contribution in [0.3, 0.4) is 0 Å². The molecule has 0 bridgehead atoms. The van der Waals surface area contributed by atoms with Crippen molar-refractivity contribution >= 4 is 16.6 Å². The maximum absolute atomic E-state index is 10.5. The topological polar surface area (TPSA) is 71.0 Å². The molecule has 1 atom stereocenters. The first-order valence-electron chi connectivity index (χ1n) is 9.71. The highest BCUT2D eigenvalue weighted by Gasteiger charge is 2.35. The Bertz CT molecular complexity index is 784. The smallest absolute Gasteiger partial charge is 0.224 e. The number of aromatic nitrogens is 2. The van der Waals surface area contributed by atoms with Crippen LogP contribution in [0, 0.1) is 0 Å². The summed E-state index contributed by atoms with van der Waals surface area (Å²) in [5.41, 5.74) is 1.38. The summed E-state index contributed by atoms with van der Waals surface area (Å²) in [6.45, 7) is 9.53. The molecule has 2 fully saturated rings. The van der Waals surface area contributed by atoms with E-state index in [1.54, 1.807) is 6.33 Å². The van der Waals surface area contributed by atoms with Gasteiger partial charge in [0, 0.05) is 51.4 Å². The van der Waals surface area contributed by atoms with Gasteiger partial charge >= 0.3 is 0 Å². The fourth-order valence-electron chi connectivity index (χ4n) is 3.84.